The third-order valence-electron chi connectivity index (χ3n) is 3.31. The largest absolute Gasteiger partial charge is 0.461 e. The number of pyridine rings is 1. The second kappa shape index (κ2) is 9.15. The van der Waals surface area contributed by atoms with Gasteiger partial charge in [-0.05, 0) is 38.3 Å². The molecule has 2 atom stereocenters. The van der Waals surface area contributed by atoms with Gasteiger partial charge in [0.2, 0.25) is 0 Å². The van der Waals surface area contributed by atoms with E-state index >= 15 is 0 Å². The van der Waals surface area contributed by atoms with Gasteiger partial charge in [0.15, 0.2) is 0 Å². The summed E-state index contributed by atoms with van der Waals surface area (Å²) in [7, 11) is 1.63. The van der Waals surface area contributed by atoms with Crippen LogP contribution in [0.5, 0.6) is 0 Å². The van der Waals surface area contributed by atoms with Crippen molar-refractivity contribution in [1.29, 1.82) is 0 Å². The Morgan fingerprint density at radius 3 is 2.41 bits per heavy atom. The maximum Gasteiger partial charge on any atom is 0.357 e. The smallest absolute Gasteiger partial charge is 0.357 e. The van der Waals surface area contributed by atoms with Gasteiger partial charge in [0.25, 0.3) is 0 Å². The summed E-state index contributed by atoms with van der Waals surface area (Å²) in [6, 6.07) is 4.59. The van der Waals surface area contributed by atoms with Gasteiger partial charge in [-0.2, -0.15) is 0 Å². The first kappa shape index (κ1) is 18.1. The fourth-order valence-electron chi connectivity index (χ4n) is 1.75. The normalized spacial score (nSPS) is 13.3. The van der Waals surface area contributed by atoms with Crippen molar-refractivity contribution in [3.8, 4) is 0 Å². The van der Waals surface area contributed by atoms with Gasteiger partial charge in [-0.3, -0.25) is 0 Å². The van der Waals surface area contributed by atoms with Gasteiger partial charge < -0.3 is 14.2 Å². The first-order valence-electron chi connectivity index (χ1n) is 7.33. The second-order valence-electron chi connectivity index (χ2n) is 5.00. The van der Waals surface area contributed by atoms with E-state index in [1.165, 1.54) is 12.1 Å². The fourth-order valence-corrected chi connectivity index (χ4v) is 1.75. The summed E-state index contributed by atoms with van der Waals surface area (Å²) < 4.78 is 15.3. The molecule has 122 valence electrons. The van der Waals surface area contributed by atoms with Crippen LogP contribution in [-0.2, 0) is 14.2 Å². The molecule has 1 aromatic heterocycles. The van der Waals surface area contributed by atoms with E-state index in [9.17, 15) is 9.59 Å². The molecular weight excluding hydrogens is 286 g/mol. The summed E-state index contributed by atoms with van der Waals surface area (Å²) >= 11 is 0. The molecule has 1 heterocycles. The van der Waals surface area contributed by atoms with Crippen LogP contribution in [-0.4, -0.2) is 43.4 Å². The molecule has 0 aliphatic heterocycles. The number of carbonyl (C=O) groups is 2. The molecule has 6 nitrogen and oxygen atoms in total. The molecule has 2 unspecified atom stereocenters. The lowest BCUT2D eigenvalue weighted by molar-refractivity contribution is 0.0167. The van der Waals surface area contributed by atoms with E-state index in [4.69, 9.17) is 14.2 Å². The van der Waals surface area contributed by atoms with Crippen molar-refractivity contribution in [1.82, 2.24) is 4.98 Å². The van der Waals surface area contributed by atoms with E-state index in [2.05, 4.69) is 4.98 Å². The minimum Gasteiger partial charge on any atom is -0.461 e. The highest BCUT2D eigenvalue weighted by Crippen LogP contribution is 2.14. The van der Waals surface area contributed by atoms with E-state index in [0.717, 1.165) is 6.42 Å². The molecule has 1 aromatic rings. The quantitative estimate of drug-likeness (QED) is 0.687. The van der Waals surface area contributed by atoms with Crippen molar-refractivity contribution >= 4 is 11.9 Å². The van der Waals surface area contributed by atoms with Gasteiger partial charge in [-0.25, -0.2) is 14.6 Å². The average Bonchev–Trinajstić information content (AvgIpc) is 2.52. The summed E-state index contributed by atoms with van der Waals surface area (Å²) in [6.07, 6.45) is 0.525. The van der Waals surface area contributed by atoms with Crippen molar-refractivity contribution < 1.29 is 23.8 Å². The van der Waals surface area contributed by atoms with E-state index in [-0.39, 0.29) is 30.0 Å². The lowest BCUT2D eigenvalue weighted by Crippen LogP contribution is -2.24. The molecule has 0 aliphatic carbocycles. The lowest BCUT2D eigenvalue weighted by Gasteiger charge is -2.19. The van der Waals surface area contributed by atoms with Crippen LogP contribution in [0.25, 0.3) is 0 Å². The predicted octanol–water partition coefficient (Wildman–Crippen LogP) is 2.48. The molecule has 0 spiro atoms. The van der Waals surface area contributed by atoms with Gasteiger partial charge in [0.05, 0.1) is 6.61 Å². The molecule has 0 aromatic carbocycles. The summed E-state index contributed by atoms with van der Waals surface area (Å²) in [5.41, 5.74) is 0.188. The van der Waals surface area contributed by atoms with Crippen LogP contribution in [0, 0.1) is 5.92 Å². The number of nitrogens with zero attached hydrogens (tertiary/aromatic N) is 1. The Morgan fingerprint density at radius 2 is 1.82 bits per heavy atom. The number of hydrogen-bond acceptors (Lipinski definition) is 6. The lowest BCUT2D eigenvalue weighted by atomic mass is 10.0. The van der Waals surface area contributed by atoms with Gasteiger partial charge in [0.1, 0.15) is 17.5 Å². The first-order chi connectivity index (χ1) is 10.5. The summed E-state index contributed by atoms with van der Waals surface area (Å²) in [6.45, 7) is 6.38. The predicted molar refractivity (Wildman–Crippen MR) is 80.7 cm³/mol. The molecule has 0 aliphatic rings. The van der Waals surface area contributed by atoms with Crippen molar-refractivity contribution in [3.05, 3.63) is 29.6 Å². The highest BCUT2D eigenvalue weighted by molar-refractivity contribution is 5.91. The number of carbonyl (C=O) groups excluding carboxylic acids is 2. The minimum absolute atomic E-state index is 0.0938. The van der Waals surface area contributed by atoms with Gasteiger partial charge >= 0.3 is 11.9 Å². The second-order valence-corrected chi connectivity index (χ2v) is 5.00. The summed E-state index contributed by atoms with van der Waals surface area (Å²) in [5, 5.41) is 0. The van der Waals surface area contributed by atoms with Crippen molar-refractivity contribution in [2.45, 2.75) is 33.3 Å². The number of ether oxygens (including phenoxy) is 3. The molecule has 0 saturated carbocycles. The summed E-state index contributed by atoms with van der Waals surface area (Å²) in [4.78, 5) is 27.7. The number of esters is 2. The van der Waals surface area contributed by atoms with Crippen LogP contribution in [0.3, 0.4) is 0 Å². The van der Waals surface area contributed by atoms with Crippen LogP contribution in [0.2, 0.25) is 0 Å². The third-order valence-corrected chi connectivity index (χ3v) is 3.31. The van der Waals surface area contributed by atoms with Crippen molar-refractivity contribution in [2.75, 3.05) is 20.3 Å². The van der Waals surface area contributed by atoms with E-state index in [1.54, 1.807) is 20.1 Å². The fraction of sp³-hybridized carbons (Fsp3) is 0.562. The van der Waals surface area contributed by atoms with Crippen LogP contribution in [0.15, 0.2) is 18.2 Å². The van der Waals surface area contributed by atoms with Crippen LogP contribution in [0.1, 0.15) is 48.2 Å². The Balaban J connectivity index is 2.69. The van der Waals surface area contributed by atoms with Crippen LogP contribution < -0.4 is 0 Å². The zero-order valence-corrected chi connectivity index (χ0v) is 13.5. The van der Waals surface area contributed by atoms with Gasteiger partial charge in [0, 0.05) is 13.7 Å². The average molecular weight is 309 g/mol. The maximum atomic E-state index is 12.1. The van der Waals surface area contributed by atoms with Gasteiger partial charge in [-0.15, -0.1) is 0 Å². The standard InChI is InChI=1S/C16H23NO5/c1-5-21-15(18)13-7-6-8-14(17-13)16(19)22-12(3)11(2)9-10-20-4/h6-8,11-12H,5,9-10H2,1-4H3. The van der Waals surface area contributed by atoms with Crippen molar-refractivity contribution in [3.63, 3.8) is 0 Å². The van der Waals surface area contributed by atoms with Gasteiger partial charge in [-0.1, -0.05) is 13.0 Å². The van der Waals surface area contributed by atoms with E-state index < -0.39 is 11.9 Å². The molecule has 22 heavy (non-hydrogen) atoms. The van der Waals surface area contributed by atoms with Crippen LogP contribution >= 0.6 is 0 Å². The molecule has 0 fully saturated rings. The minimum atomic E-state index is -0.557. The number of rotatable bonds is 8. The molecular formula is C16H23NO5. The zero-order valence-electron chi connectivity index (χ0n) is 13.5. The molecule has 6 heteroatoms. The number of hydrogen-bond donors (Lipinski definition) is 0. The van der Waals surface area contributed by atoms with Crippen LogP contribution in [0.4, 0.5) is 0 Å². The molecule has 0 radical (unpaired) electrons. The SMILES string of the molecule is CCOC(=O)c1cccc(C(=O)OC(C)C(C)CCOC)n1. The Kier molecular flexibility index (Phi) is 7.52. The molecule has 0 amide bonds. The third kappa shape index (κ3) is 5.44. The van der Waals surface area contributed by atoms with E-state index in [0.29, 0.717) is 6.61 Å². The van der Waals surface area contributed by atoms with Crippen molar-refractivity contribution in [2.24, 2.45) is 5.92 Å². The molecule has 1 rings (SSSR count). The zero-order chi connectivity index (χ0) is 16.5. The Labute approximate surface area is 130 Å². The Hall–Kier alpha value is -1.95. The number of methoxy groups -OCH3 is 1. The Bertz CT molecular complexity index is 503. The molecule has 0 saturated heterocycles. The first-order valence-corrected chi connectivity index (χ1v) is 7.33. The van der Waals surface area contributed by atoms with E-state index in [1.807, 2.05) is 13.8 Å². The highest BCUT2D eigenvalue weighted by Gasteiger charge is 2.20. The maximum absolute atomic E-state index is 12.1. The number of aromatic nitrogens is 1. The topological polar surface area (TPSA) is 74.7 Å². The molecule has 0 bridgehead atoms. The summed E-state index contributed by atoms with van der Waals surface area (Å²) in [5.74, 6) is -0.946. The Morgan fingerprint density at radius 1 is 1.18 bits per heavy atom. The molecule has 0 N–H and O–H groups in total. The monoisotopic (exact) mass is 309 g/mol. The highest BCUT2D eigenvalue weighted by atomic mass is 16.5.